The van der Waals surface area contributed by atoms with Crippen molar-refractivity contribution in [3.8, 4) is 0 Å². The van der Waals surface area contributed by atoms with Crippen molar-refractivity contribution >= 4 is 40.5 Å². The smallest absolute Gasteiger partial charge is 0.322 e. The number of hydrogen-bond acceptors (Lipinski definition) is 4. The number of nitrogens with one attached hydrogen (secondary N) is 1. The van der Waals surface area contributed by atoms with E-state index in [0.717, 1.165) is 29.3 Å². The number of amides is 1. The van der Waals surface area contributed by atoms with Gasteiger partial charge in [-0.15, -0.1) is 0 Å². The van der Waals surface area contributed by atoms with Crippen LogP contribution in [0.15, 0.2) is 54.6 Å². The predicted molar refractivity (Wildman–Crippen MR) is 122 cm³/mol. The number of nitrogens with zero attached hydrogens (tertiary/aromatic N) is 2. The number of halogens is 5. The minimum atomic E-state index is -4.46. The lowest BCUT2D eigenvalue weighted by molar-refractivity contribution is -0.384. The minimum Gasteiger partial charge on any atom is -0.322 e. The highest BCUT2D eigenvalue weighted by molar-refractivity contribution is 6.34. The lowest BCUT2D eigenvalue weighted by Crippen LogP contribution is -2.16. The fourth-order valence-electron chi connectivity index (χ4n) is 3.75. The molecule has 1 aliphatic heterocycles. The topological polar surface area (TPSA) is 75.5 Å². The van der Waals surface area contributed by atoms with Crippen LogP contribution in [0, 0.1) is 10.1 Å². The van der Waals surface area contributed by atoms with Crippen LogP contribution in [0.3, 0.4) is 0 Å². The number of non-ortho nitro benzene ring substituents is 1. The van der Waals surface area contributed by atoms with Crippen LogP contribution < -0.4 is 5.32 Å². The summed E-state index contributed by atoms with van der Waals surface area (Å²) in [7, 11) is 0. The molecule has 1 N–H and O–H groups in total. The lowest BCUT2D eigenvalue weighted by Gasteiger charge is -2.17. The van der Waals surface area contributed by atoms with E-state index in [1.54, 1.807) is 12.1 Å². The standard InChI is InChI=1S/C23H16Cl2F3N3O3/c24-20-6-5-18(31(33)34)9-19(20)22(32)29-17-4-2-13-10-30(12-15(13)7-17)11-14-1-3-16(8-21(14)25)23(26,27)28/h1-9H,10-12H2,(H,29,32). The van der Waals surface area contributed by atoms with E-state index in [0.29, 0.717) is 30.9 Å². The van der Waals surface area contributed by atoms with Crippen molar-refractivity contribution in [2.75, 3.05) is 5.32 Å². The molecule has 4 rings (SSSR count). The number of alkyl halides is 3. The molecule has 0 fully saturated rings. The third kappa shape index (κ3) is 5.16. The maximum absolute atomic E-state index is 12.9. The molecule has 0 unspecified atom stereocenters. The van der Waals surface area contributed by atoms with Crippen LogP contribution in [-0.2, 0) is 25.8 Å². The molecule has 6 nitrogen and oxygen atoms in total. The van der Waals surface area contributed by atoms with E-state index in [-0.39, 0.29) is 21.3 Å². The summed E-state index contributed by atoms with van der Waals surface area (Å²) in [5, 5.41) is 13.8. The molecule has 34 heavy (non-hydrogen) atoms. The highest BCUT2D eigenvalue weighted by Gasteiger charge is 2.31. The quantitative estimate of drug-likeness (QED) is 0.307. The zero-order chi connectivity index (χ0) is 24.6. The Bertz CT molecular complexity index is 1300. The van der Waals surface area contributed by atoms with Gasteiger partial charge in [0, 0.05) is 42.5 Å². The van der Waals surface area contributed by atoms with Gasteiger partial charge in [0.05, 0.1) is 21.1 Å². The summed E-state index contributed by atoms with van der Waals surface area (Å²) in [6.45, 7) is 1.43. The number of carbonyl (C=O) groups is 1. The average Bonchev–Trinajstić information content (AvgIpc) is 3.16. The van der Waals surface area contributed by atoms with Crippen molar-refractivity contribution in [3.63, 3.8) is 0 Å². The summed E-state index contributed by atoms with van der Waals surface area (Å²) in [5.74, 6) is -0.583. The van der Waals surface area contributed by atoms with E-state index < -0.39 is 22.6 Å². The Morgan fingerprint density at radius 1 is 1.00 bits per heavy atom. The van der Waals surface area contributed by atoms with Gasteiger partial charge in [0.2, 0.25) is 0 Å². The van der Waals surface area contributed by atoms with E-state index in [9.17, 15) is 28.1 Å². The van der Waals surface area contributed by atoms with Crippen LogP contribution in [-0.4, -0.2) is 15.7 Å². The van der Waals surface area contributed by atoms with E-state index >= 15 is 0 Å². The number of rotatable bonds is 5. The van der Waals surface area contributed by atoms with Crippen molar-refractivity contribution in [1.82, 2.24) is 4.90 Å². The predicted octanol–water partition coefficient (Wildman–Crippen LogP) is 6.69. The summed E-state index contributed by atoms with van der Waals surface area (Å²) in [6.07, 6.45) is -4.46. The number of fused-ring (bicyclic) bond motifs is 1. The molecule has 1 amide bonds. The monoisotopic (exact) mass is 509 g/mol. The average molecular weight is 510 g/mol. The number of carbonyl (C=O) groups excluding carboxylic acids is 1. The SMILES string of the molecule is O=C(Nc1ccc2c(c1)CN(Cc1ccc(C(F)(F)F)cc1Cl)C2)c1cc([N+](=O)[O-])ccc1Cl. The third-order valence-electron chi connectivity index (χ3n) is 5.43. The summed E-state index contributed by atoms with van der Waals surface area (Å²) in [5.41, 5.74) is 1.95. The highest BCUT2D eigenvalue weighted by atomic mass is 35.5. The molecule has 0 atom stereocenters. The number of anilines is 1. The van der Waals surface area contributed by atoms with Crippen LogP contribution in [0.5, 0.6) is 0 Å². The molecule has 0 saturated heterocycles. The second kappa shape index (κ2) is 9.25. The zero-order valence-corrected chi connectivity index (χ0v) is 18.8. The fraction of sp³-hybridized carbons (Fsp3) is 0.174. The van der Waals surface area contributed by atoms with Crippen LogP contribution >= 0.6 is 23.2 Å². The van der Waals surface area contributed by atoms with Gasteiger partial charge in [0.15, 0.2) is 0 Å². The molecule has 3 aromatic carbocycles. The van der Waals surface area contributed by atoms with Gasteiger partial charge in [-0.05, 0) is 47.0 Å². The normalized spacial score (nSPS) is 13.6. The first-order valence-electron chi connectivity index (χ1n) is 9.96. The number of nitro benzene ring substituents is 1. The van der Waals surface area contributed by atoms with Gasteiger partial charge in [0.25, 0.3) is 11.6 Å². The van der Waals surface area contributed by atoms with Gasteiger partial charge in [-0.2, -0.15) is 13.2 Å². The molecule has 1 aliphatic rings. The van der Waals surface area contributed by atoms with Crippen LogP contribution in [0.4, 0.5) is 24.5 Å². The Kier molecular flexibility index (Phi) is 6.53. The Labute approximate surface area is 202 Å². The highest BCUT2D eigenvalue weighted by Crippen LogP contribution is 2.34. The minimum absolute atomic E-state index is 0.0186. The molecule has 0 aliphatic carbocycles. The largest absolute Gasteiger partial charge is 0.416 e. The summed E-state index contributed by atoms with van der Waals surface area (Å²) < 4.78 is 38.6. The lowest BCUT2D eigenvalue weighted by atomic mass is 10.1. The molecular formula is C23H16Cl2F3N3O3. The Balaban J connectivity index is 1.45. The van der Waals surface area contributed by atoms with Gasteiger partial charge in [-0.1, -0.05) is 35.3 Å². The zero-order valence-electron chi connectivity index (χ0n) is 17.3. The molecule has 0 radical (unpaired) electrons. The maximum Gasteiger partial charge on any atom is 0.416 e. The summed E-state index contributed by atoms with van der Waals surface area (Å²) >= 11 is 12.1. The molecule has 0 bridgehead atoms. The van der Waals surface area contributed by atoms with Gasteiger partial charge >= 0.3 is 6.18 Å². The van der Waals surface area contributed by atoms with Crippen LogP contribution in [0.25, 0.3) is 0 Å². The molecule has 11 heteroatoms. The molecule has 0 aromatic heterocycles. The molecule has 0 saturated carbocycles. The number of hydrogen-bond donors (Lipinski definition) is 1. The van der Waals surface area contributed by atoms with Crippen molar-refractivity contribution in [2.24, 2.45) is 0 Å². The molecule has 0 spiro atoms. The molecule has 3 aromatic rings. The van der Waals surface area contributed by atoms with E-state index in [1.807, 2.05) is 11.0 Å². The van der Waals surface area contributed by atoms with Crippen LogP contribution in [0.1, 0.15) is 32.6 Å². The van der Waals surface area contributed by atoms with Crippen LogP contribution in [0.2, 0.25) is 10.0 Å². The molecule has 1 heterocycles. The van der Waals surface area contributed by atoms with Crippen molar-refractivity contribution < 1.29 is 22.9 Å². The van der Waals surface area contributed by atoms with Crippen molar-refractivity contribution in [1.29, 1.82) is 0 Å². The van der Waals surface area contributed by atoms with Gasteiger partial charge in [0.1, 0.15) is 0 Å². The van der Waals surface area contributed by atoms with E-state index in [4.69, 9.17) is 23.2 Å². The first-order valence-corrected chi connectivity index (χ1v) is 10.7. The Morgan fingerprint density at radius 2 is 1.74 bits per heavy atom. The second-order valence-electron chi connectivity index (χ2n) is 7.81. The Hall–Kier alpha value is -3.14. The Morgan fingerprint density at radius 3 is 2.41 bits per heavy atom. The number of benzene rings is 3. The van der Waals surface area contributed by atoms with E-state index in [1.165, 1.54) is 18.2 Å². The van der Waals surface area contributed by atoms with E-state index in [2.05, 4.69) is 5.32 Å². The maximum atomic E-state index is 12.9. The third-order valence-corrected chi connectivity index (χ3v) is 6.11. The van der Waals surface area contributed by atoms with Gasteiger partial charge in [-0.3, -0.25) is 19.8 Å². The molecular weight excluding hydrogens is 494 g/mol. The fourth-order valence-corrected chi connectivity index (χ4v) is 4.19. The van der Waals surface area contributed by atoms with Gasteiger partial charge in [-0.25, -0.2) is 0 Å². The van der Waals surface area contributed by atoms with Gasteiger partial charge < -0.3 is 5.32 Å². The van der Waals surface area contributed by atoms with Crippen molar-refractivity contribution in [3.05, 3.63) is 103 Å². The van der Waals surface area contributed by atoms with Crippen molar-refractivity contribution in [2.45, 2.75) is 25.8 Å². The summed E-state index contributed by atoms with van der Waals surface area (Å²) in [6, 6.07) is 12.3. The summed E-state index contributed by atoms with van der Waals surface area (Å²) in [4.78, 5) is 25.0. The number of nitro groups is 1. The first kappa shape index (κ1) is 24.0. The first-order chi connectivity index (χ1) is 16.0. The molecule has 176 valence electrons. The second-order valence-corrected chi connectivity index (χ2v) is 8.62.